The van der Waals surface area contributed by atoms with Crippen molar-refractivity contribution < 1.29 is 28.5 Å². The fourth-order valence-electron chi connectivity index (χ4n) is 4.27. The molecule has 228 valence electrons. The lowest BCUT2D eigenvalue weighted by Gasteiger charge is -2.15. The highest BCUT2D eigenvalue weighted by molar-refractivity contribution is 7.99. The zero-order valence-corrected chi connectivity index (χ0v) is 25.5. The molecule has 0 unspecified atom stereocenters. The minimum atomic E-state index is -0.444. The molecule has 1 aromatic heterocycles. The molecule has 0 aliphatic heterocycles. The van der Waals surface area contributed by atoms with Crippen LogP contribution in [0.2, 0.25) is 0 Å². The number of hydrogen-bond acceptors (Lipinski definition) is 10. The molecule has 0 atom stereocenters. The number of amides is 1. The third kappa shape index (κ3) is 7.48. The Morgan fingerprint density at radius 3 is 2.11 bits per heavy atom. The molecule has 0 fully saturated rings. The monoisotopic (exact) mass is 623 g/mol. The maximum atomic E-state index is 12.7. The lowest BCUT2D eigenvalue weighted by molar-refractivity contribution is -0.118. The Hall–Kier alpha value is -5.62. The summed E-state index contributed by atoms with van der Waals surface area (Å²) in [6, 6.07) is 28.7. The van der Waals surface area contributed by atoms with Crippen LogP contribution in [0.5, 0.6) is 23.0 Å². The van der Waals surface area contributed by atoms with Crippen LogP contribution in [0.4, 0.5) is 0 Å². The second kappa shape index (κ2) is 14.7. The molecule has 1 N–H and O–H groups in total. The van der Waals surface area contributed by atoms with Crippen molar-refractivity contribution in [2.24, 2.45) is 5.10 Å². The van der Waals surface area contributed by atoms with Gasteiger partial charge in [-0.3, -0.25) is 9.36 Å². The lowest BCUT2D eigenvalue weighted by Crippen LogP contribution is -2.20. The number of carbonyl (C=O) groups is 2. The van der Waals surface area contributed by atoms with Crippen LogP contribution in [0.3, 0.4) is 0 Å². The van der Waals surface area contributed by atoms with Gasteiger partial charge in [-0.2, -0.15) is 5.10 Å². The maximum Gasteiger partial charge on any atom is 0.343 e. The summed E-state index contributed by atoms with van der Waals surface area (Å²) in [6.45, 7) is 0. The quantitative estimate of drug-likeness (QED) is 0.0637. The number of esters is 1. The highest BCUT2D eigenvalue weighted by Crippen LogP contribution is 2.41. The molecule has 0 aliphatic carbocycles. The SMILES string of the molecule is COc1cc(-c2nnc(SCC(=O)N/N=C\c3ccc(OC(=O)c4ccccc4)cc3)n2-c2ccccc2)cc(OC)c1OC. The van der Waals surface area contributed by atoms with E-state index in [1.807, 2.05) is 41.0 Å². The second-order valence-electron chi connectivity index (χ2n) is 9.30. The van der Waals surface area contributed by atoms with E-state index in [1.54, 1.807) is 82.0 Å². The zero-order chi connectivity index (χ0) is 31.6. The van der Waals surface area contributed by atoms with Gasteiger partial charge in [0.1, 0.15) is 5.75 Å². The van der Waals surface area contributed by atoms with Gasteiger partial charge in [-0.25, -0.2) is 10.2 Å². The van der Waals surface area contributed by atoms with Gasteiger partial charge in [0.25, 0.3) is 5.91 Å². The minimum Gasteiger partial charge on any atom is -0.493 e. The first-order valence-corrected chi connectivity index (χ1v) is 14.6. The predicted molar refractivity (Wildman–Crippen MR) is 171 cm³/mol. The van der Waals surface area contributed by atoms with E-state index < -0.39 is 5.97 Å². The van der Waals surface area contributed by atoms with E-state index in [-0.39, 0.29) is 11.7 Å². The van der Waals surface area contributed by atoms with Gasteiger partial charge < -0.3 is 18.9 Å². The Kier molecular flexibility index (Phi) is 10.1. The van der Waals surface area contributed by atoms with Gasteiger partial charge in [0.2, 0.25) is 5.75 Å². The zero-order valence-electron chi connectivity index (χ0n) is 24.7. The summed E-state index contributed by atoms with van der Waals surface area (Å²) >= 11 is 1.21. The van der Waals surface area contributed by atoms with E-state index in [0.29, 0.717) is 50.7 Å². The molecule has 0 saturated heterocycles. The number of para-hydroxylation sites is 1. The number of hydrogen-bond donors (Lipinski definition) is 1. The third-order valence-corrected chi connectivity index (χ3v) is 7.33. The Bertz CT molecular complexity index is 1770. The van der Waals surface area contributed by atoms with Crippen LogP contribution in [0.15, 0.2) is 107 Å². The number of nitrogens with one attached hydrogen (secondary N) is 1. The molecule has 0 bridgehead atoms. The summed E-state index contributed by atoms with van der Waals surface area (Å²) in [5, 5.41) is 13.4. The minimum absolute atomic E-state index is 0.0337. The Labute approximate surface area is 263 Å². The van der Waals surface area contributed by atoms with Crippen molar-refractivity contribution in [3.8, 4) is 40.1 Å². The van der Waals surface area contributed by atoms with Crippen molar-refractivity contribution in [3.63, 3.8) is 0 Å². The van der Waals surface area contributed by atoms with Gasteiger partial charge in [-0.05, 0) is 66.2 Å². The maximum absolute atomic E-state index is 12.7. The van der Waals surface area contributed by atoms with E-state index in [0.717, 1.165) is 5.69 Å². The molecule has 1 heterocycles. The summed E-state index contributed by atoms with van der Waals surface area (Å²) in [5.74, 6) is 1.60. The molecule has 45 heavy (non-hydrogen) atoms. The number of nitrogens with zero attached hydrogens (tertiary/aromatic N) is 4. The number of aromatic nitrogens is 3. The smallest absolute Gasteiger partial charge is 0.343 e. The largest absolute Gasteiger partial charge is 0.493 e. The van der Waals surface area contributed by atoms with Crippen molar-refractivity contribution in [2.75, 3.05) is 27.1 Å². The Morgan fingerprint density at radius 2 is 1.49 bits per heavy atom. The average Bonchev–Trinajstić information content (AvgIpc) is 3.52. The molecule has 4 aromatic carbocycles. The van der Waals surface area contributed by atoms with E-state index in [4.69, 9.17) is 18.9 Å². The van der Waals surface area contributed by atoms with Crippen molar-refractivity contribution in [1.82, 2.24) is 20.2 Å². The summed E-state index contributed by atoms with van der Waals surface area (Å²) in [6.07, 6.45) is 1.50. The first-order chi connectivity index (χ1) is 22.0. The van der Waals surface area contributed by atoms with E-state index in [9.17, 15) is 9.59 Å². The van der Waals surface area contributed by atoms with E-state index in [1.165, 1.54) is 18.0 Å². The molecular weight excluding hydrogens is 594 g/mol. The molecule has 11 nitrogen and oxygen atoms in total. The Balaban J connectivity index is 1.25. The molecule has 5 rings (SSSR count). The van der Waals surface area contributed by atoms with Crippen molar-refractivity contribution in [2.45, 2.75) is 5.16 Å². The van der Waals surface area contributed by atoms with Crippen LogP contribution in [0.25, 0.3) is 17.1 Å². The lowest BCUT2D eigenvalue weighted by atomic mass is 10.1. The topological polar surface area (TPSA) is 126 Å². The standard InChI is InChI=1S/C33H29N5O6S/c1-41-27-18-24(19-28(42-2)30(27)43-3)31-36-37-33(38(31)25-12-8-5-9-13-25)45-21-29(39)35-34-20-22-14-16-26(17-15-22)44-32(40)23-10-6-4-7-11-23/h4-20H,21H2,1-3H3,(H,35,39)/b34-20-. The molecule has 12 heteroatoms. The van der Waals surface area contributed by atoms with Crippen LogP contribution >= 0.6 is 11.8 Å². The van der Waals surface area contributed by atoms with Crippen LogP contribution < -0.4 is 24.4 Å². The van der Waals surface area contributed by atoms with Gasteiger partial charge in [-0.1, -0.05) is 48.2 Å². The van der Waals surface area contributed by atoms with Gasteiger partial charge in [-0.15, -0.1) is 10.2 Å². The summed E-state index contributed by atoms with van der Waals surface area (Å²) in [5.41, 5.74) is 5.19. The third-order valence-electron chi connectivity index (χ3n) is 6.41. The van der Waals surface area contributed by atoms with Gasteiger partial charge in [0.05, 0.1) is 38.9 Å². The van der Waals surface area contributed by atoms with E-state index in [2.05, 4.69) is 20.7 Å². The van der Waals surface area contributed by atoms with Crippen molar-refractivity contribution >= 4 is 29.9 Å². The molecule has 0 aliphatic rings. The number of hydrazone groups is 1. The molecule has 0 spiro atoms. The number of methoxy groups -OCH3 is 3. The van der Waals surface area contributed by atoms with Crippen LogP contribution in [-0.2, 0) is 4.79 Å². The van der Waals surface area contributed by atoms with E-state index >= 15 is 0 Å². The highest BCUT2D eigenvalue weighted by Gasteiger charge is 2.21. The Morgan fingerprint density at radius 1 is 0.844 bits per heavy atom. The van der Waals surface area contributed by atoms with Crippen LogP contribution in [0, 0.1) is 0 Å². The number of ether oxygens (including phenoxy) is 4. The fraction of sp³-hybridized carbons (Fsp3) is 0.121. The van der Waals surface area contributed by atoms with Crippen LogP contribution in [-0.4, -0.2) is 59.9 Å². The molecular formula is C33H29N5O6S. The van der Waals surface area contributed by atoms with Crippen molar-refractivity contribution in [3.05, 3.63) is 108 Å². The van der Waals surface area contributed by atoms with Crippen LogP contribution in [0.1, 0.15) is 15.9 Å². The molecule has 0 saturated carbocycles. The normalized spacial score (nSPS) is 10.8. The summed E-state index contributed by atoms with van der Waals surface area (Å²) in [4.78, 5) is 24.9. The molecule has 1 amide bonds. The number of carbonyl (C=O) groups excluding carboxylic acids is 2. The van der Waals surface area contributed by atoms with Crippen molar-refractivity contribution in [1.29, 1.82) is 0 Å². The summed E-state index contributed by atoms with van der Waals surface area (Å²) in [7, 11) is 4.63. The first-order valence-electron chi connectivity index (χ1n) is 13.6. The first kappa shape index (κ1) is 30.8. The van der Waals surface area contributed by atoms with Gasteiger partial charge in [0, 0.05) is 11.3 Å². The summed E-state index contributed by atoms with van der Waals surface area (Å²) < 4.78 is 23.8. The average molecular weight is 624 g/mol. The number of thioether (sulfide) groups is 1. The predicted octanol–water partition coefficient (Wildman–Crippen LogP) is 5.42. The van der Waals surface area contributed by atoms with Gasteiger partial charge >= 0.3 is 5.97 Å². The molecule has 0 radical (unpaired) electrons. The number of rotatable bonds is 12. The number of benzene rings is 4. The fourth-order valence-corrected chi connectivity index (χ4v) is 5.02. The highest BCUT2D eigenvalue weighted by atomic mass is 32.2. The molecule has 5 aromatic rings. The second-order valence-corrected chi connectivity index (χ2v) is 10.2. The van der Waals surface area contributed by atoms with Gasteiger partial charge in [0.15, 0.2) is 22.5 Å².